The van der Waals surface area contributed by atoms with Crippen molar-refractivity contribution < 1.29 is 4.79 Å². The molecule has 0 unspecified atom stereocenters. The first-order valence-corrected chi connectivity index (χ1v) is 9.46. The summed E-state index contributed by atoms with van der Waals surface area (Å²) in [5, 5.41) is 2.97. The van der Waals surface area contributed by atoms with Gasteiger partial charge in [-0.15, -0.1) is 11.3 Å². The van der Waals surface area contributed by atoms with Crippen LogP contribution in [0.3, 0.4) is 0 Å². The molecule has 0 atom stereocenters. The molecule has 1 amide bonds. The zero-order chi connectivity index (χ0) is 16.9. The average molecular weight is 344 g/mol. The van der Waals surface area contributed by atoms with E-state index < -0.39 is 0 Å². The van der Waals surface area contributed by atoms with Crippen molar-refractivity contribution in [1.82, 2.24) is 14.9 Å². The molecule has 1 saturated heterocycles. The van der Waals surface area contributed by atoms with E-state index >= 15 is 0 Å². The maximum atomic E-state index is 12.7. The summed E-state index contributed by atoms with van der Waals surface area (Å²) >= 11 is 1.60. The monoisotopic (exact) mass is 344 g/mol. The number of pyridine rings is 1. The Labute approximate surface area is 147 Å². The van der Waals surface area contributed by atoms with Crippen LogP contribution in [0.1, 0.15) is 40.8 Å². The number of hydrogen-bond acceptors (Lipinski definition) is 5. The van der Waals surface area contributed by atoms with E-state index in [1.165, 1.54) is 11.3 Å². The second-order valence-electron chi connectivity index (χ2n) is 6.17. The van der Waals surface area contributed by atoms with Crippen LogP contribution in [0.25, 0.3) is 0 Å². The third-order valence-corrected chi connectivity index (χ3v) is 5.26. The van der Waals surface area contributed by atoms with Crippen molar-refractivity contribution in [2.75, 3.05) is 31.1 Å². The number of aromatic nitrogens is 2. The van der Waals surface area contributed by atoms with Crippen LogP contribution in [0.5, 0.6) is 0 Å². The molecule has 0 aromatic carbocycles. The molecule has 0 spiro atoms. The van der Waals surface area contributed by atoms with E-state index in [-0.39, 0.29) is 5.91 Å². The van der Waals surface area contributed by atoms with Crippen LogP contribution in [-0.2, 0) is 6.42 Å². The lowest BCUT2D eigenvalue weighted by molar-refractivity contribution is 0.0762. The smallest absolute Gasteiger partial charge is 0.273 e. The van der Waals surface area contributed by atoms with Crippen LogP contribution < -0.4 is 4.90 Å². The number of nitrogens with zero attached hydrogens (tertiary/aromatic N) is 4. The third kappa shape index (κ3) is 3.75. The molecule has 24 heavy (non-hydrogen) atoms. The minimum atomic E-state index is 0.0712. The van der Waals surface area contributed by atoms with Crippen LogP contribution in [0.2, 0.25) is 0 Å². The van der Waals surface area contributed by atoms with E-state index in [0.29, 0.717) is 5.69 Å². The summed E-state index contributed by atoms with van der Waals surface area (Å²) in [5.74, 6) is 0.0712. The number of amides is 1. The quantitative estimate of drug-likeness (QED) is 0.855. The van der Waals surface area contributed by atoms with E-state index in [1.54, 1.807) is 11.3 Å². The third-order valence-electron chi connectivity index (χ3n) is 4.35. The standard InChI is InChI=1S/C18H24N4OS/c1-3-5-17-20-15(13-24-17)18(23)22-9-4-8-21(10-11-22)16-6-7-19-12-14(16)2/h6-7,12-13H,3-5,8-11H2,1-2H3. The van der Waals surface area contributed by atoms with Gasteiger partial charge in [0.15, 0.2) is 0 Å². The molecule has 0 N–H and O–H groups in total. The first kappa shape index (κ1) is 16.9. The van der Waals surface area contributed by atoms with Crippen molar-refractivity contribution in [1.29, 1.82) is 0 Å². The molecule has 6 heteroatoms. The predicted octanol–water partition coefficient (Wildman–Crippen LogP) is 3.15. The molecule has 2 aromatic heterocycles. The Morgan fingerprint density at radius 1 is 1.29 bits per heavy atom. The molecule has 1 fully saturated rings. The minimum Gasteiger partial charge on any atom is -0.369 e. The van der Waals surface area contributed by atoms with Crippen molar-refractivity contribution in [3.8, 4) is 0 Å². The molecule has 128 valence electrons. The number of aryl methyl sites for hydroxylation is 2. The molecule has 2 aromatic rings. The van der Waals surface area contributed by atoms with Crippen molar-refractivity contribution in [3.63, 3.8) is 0 Å². The number of thiazole rings is 1. The van der Waals surface area contributed by atoms with Gasteiger partial charge in [0.05, 0.1) is 5.01 Å². The highest BCUT2D eigenvalue weighted by atomic mass is 32.1. The van der Waals surface area contributed by atoms with E-state index in [0.717, 1.165) is 50.4 Å². The molecule has 0 aliphatic carbocycles. The summed E-state index contributed by atoms with van der Waals surface area (Å²) in [5.41, 5.74) is 3.01. The number of hydrogen-bond donors (Lipinski definition) is 0. The maximum absolute atomic E-state index is 12.7. The van der Waals surface area contributed by atoms with Crippen molar-refractivity contribution in [2.45, 2.75) is 33.1 Å². The first-order valence-electron chi connectivity index (χ1n) is 8.58. The molecular formula is C18H24N4OS. The molecule has 0 radical (unpaired) electrons. The highest BCUT2D eigenvalue weighted by molar-refractivity contribution is 7.09. The number of rotatable bonds is 4. The van der Waals surface area contributed by atoms with Crippen LogP contribution in [0, 0.1) is 6.92 Å². The molecule has 3 rings (SSSR count). The molecular weight excluding hydrogens is 320 g/mol. The summed E-state index contributed by atoms with van der Waals surface area (Å²) in [6.07, 6.45) is 6.71. The Morgan fingerprint density at radius 2 is 2.17 bits per heavy atom. The van der Waals surface area contributed by atoms with E-state index in [9.17, 15) is 4.79 Å². The van der Waals surface area contributed by atoms with E-state index in [4.69, 9.17) is 0 Å². The highest BCUT2D eigenvalue weighted by Crippen LogP contribution is 2.21. The highest BCUT2D eigenvalue weighted by Gasteiger charge is 2.22. The molecule has 5 nitrogen and oxygen atoms in total. The second kappa shape index (κ2) is 7.75. The van der Waals surface area contributed by atoms with Crippen LogP contribution in [0.4, 0.5) is 5.69 Å². The lowest BCUT2D eigenvalue weighted by atomic mass is 10.2. The van der Waals surface area contributed by atoms with Crippen molar-refractivity contribution in [2.24, 2.45) is 0 Å². The number of carbonyl (C=O) groups is 1. The predicted molar refractivity (Wildman–Crippen MR) is 97.8 cm³/mol. The Morgan fingerprint density at radius 3 is 2.96 bits per heavy atom. The molecule has 0 bridgehead atoms. The van der Waals surface area contributed by atoms with Crippen molar-refractivity contribution in [3.05, 3.63) is 40.1 Å². The van der Waals surface area contributed by atoms with Crippen LogP contribution in [-0.4, -0.2) is 47.0 Å². The van der Waals surface area contributed by atoms with Gasteiger partial charge >= 0.3 is 0 Å². The van der Waals surface area contributed by atoms with Gasteiger partial charge in [-0.3, -0.25) is 9.78 Å². The summed E-state index contributed by atoms with van der Waals surface area (Å²) in [6.45, 7) is 7.56. The van der Waals surface area contributed by atoms with Gasteiger partial charge in [0.25, 0.3) is 5.91 Å². The van der Waals surface area contributed by atoms with Gasteiger partial charge in [0, 0.05) is 49.6 Å². The van der Waals surface area contributed by atoms with Gasteiger partial charge < -0.3 is 9.80 Å². The van der Waals surface area contributed by atoms with Gasteiger partial charge in [-0.05, 0) is 37.8 Å². The Kier molecular flexibility index (Phi) is 5.45. The van der Waals surface area contributed by atoms with E-state index in [2.05, 4.69) is 34.8 Å². The molecule has 1 aliphatic rings. The molecule has 1 aliphatic heterocycles. The fourth-order valence-electron chi connectivity index (χ4n) is 3.08. The Bertz CT molecular complexity index is 700. The molecule has 0 saturated carbocycles. The number of anilines is 1. The Balaban J connectivity index is 1.66. The lowest BCUT2D eigenvalue weighted by Crippen LogP contribution is -2.35. The summed E-state index contributed by atoms with van der Waals surface area (Å²) in [4.78, 5) is 25.7. The van der Waals surface area contributed by atoms with Gasteiger partial charge in [0.1, 0.15) is 5.69 Å². The minimum absolute atomic E-state index is 0.0712. The SMILES string of the molecule is CCCc1nc(C(=O)N2CCCN(c3ccncc3C)CC2)cs1. The van der Waals surface area contributed by atoms with Crippen LogP contribution in [0.15, 0.2) is 23.8 Å². The maximum Gasteiger partial charge on any atom is 0.273 e. The second-order valence-corrected chi connectivity index (χ2v) is 7.11. The first-order chi connectivity index (χ1) is 11.7. The van der Waals surface area contributed by atoms with Gasteiger partial charge in [0.2, 0.25) is 0 Å². The zero-order valence-corrected chi connectivity index (χ0v) is 15.2. The summed E-state index contributed by atoms with van der Waals surface area (Å²) in [6, 6.07) is 2.06. The summed E-state index contributed by atoms with van der Waals surface area (Å²) < 4.78 is 0. The number of carbonyl (C=O) groups excluding carboxylic acids is 1. The fraction of sp³-hybridized carbons (Fsp3) is 0.500. The van der Waals surface area contributed by atoms with Gasteiger partial charge in [-0.2, -0.15) is 0 Å². The summed E-state index contributed by atoms with van der Waals surface area (Å²) in [7, 11) is 0. The Hall–Kier alpha value is -1.95. The lowest BCUT2D eigenvalue weighted by Gasteiger charge is -2.24. The van der Waals surface area contributed by atoms with Gasteiger partial charge in [-0.25, -0.2) is 4.98 Å². The van der Waals surface area contributed by atoms with Crippen LogP contribution >= 0.6 is 11.3 Å². The fourth-order valence-corrected chi connectivity index (χ4v) is 3.96. The van der Waals surface area contributed by atoms with Gasteiger partial charge in [-0.1, -0.05) is 6.92 Å². The topological polar surface area (TPSA) is 49.3 Å². The largest absolute Gasteiger partial charge is 0.369 e. The normalized spacial score (nSPS) is 15.4. The average Bonchev–Trinajstić information content (AvgIpc) is 2.91. The zero-order valence-electron chi connectivity index (χ0n) is 14.4. The molecule has 3 heterocycles. The van der Waals surface area contributed by atoms with Crippen molar-refractivity contribution >= 4 is 22.9 Å². The van der Waals surface area contributed by atoms with E-state index in [1.807, 2.05) is 22.7 Å².